The molecule has 1 heterocycles. The maximum absolute atomic E-state index is 12.7. The molecule has 0 spiro atoms. The molecule has 1 unspecified atom stereocenters. The predicted molar refractivity (Wildman–Crippen MR) is 118 cm³/mol. The largest absolute Gasteiger partial charge is 0.465 e. The molecule has 0 aliphatic carbocycles. The van der Waals surface area contributed by atoms with Gasteiger partial charge in [0.1, 0.15) is 6.54 Å². The Labute approximate surface area is 183 Å². The van der Waals surface area contributed by atoms with Crippen LogP contribution in [0.15, 0.2) is 48.5 Å². The van der Waals surface area contributed by atoms with Crippen molar-refractivity contribution in [3.05, 3.63) is 65.2 Å². The summed E-state index contributed by atoms with van der Waals surface area (Å²) < 4.78 is 4.98. The third-order valence-corrected chi connectivity index (χ3v) is 5.79. The molecular weight excluding hydrogens is 394 g/mol. The number of nitrogens with one attached hydrogen (secondary N) is 2. The van der Waals surface area contributed by atoms with E-state index in [1.165, 1.54) is 7.11 Å². The number of anilines is 1. The van der Waals surface area contributed by atoms with E-state index >= 15 is 0 Å². The third-order valence-electron chi connectivity index (χ3n) is 5.79. The molecular formula is C24H30N3O4+. The quantitative estimate of drug-likeness (QED) is 0.657. The monoisotopic (exact) mass is 424 g/mol. The zero-order chi connectivity index (χ0) is 22.4. The molecule has 31 heavy (non-hydrogen) atoms. The number of quaternary nitrogens is 1. The molecule has 3 rings (SSSR count). The molecule has 0 fully saturated rings. The maximum atomic E-state index is 12.7. The second-order valence-electron chi connectivity index (χ2n) is 7.66. The van der Waals surface area contributed by atoms with Crippen LogP contribution >= 0.6 is 0 Å². The Bertz CT molecular complexity index is 938. The van der Waals surface area contributed by atoms with E-state index in [1.54, 1.807) is 29.2 Å². The first kappa shape index (κ1) is 22.5. The summed E-state index contributed by atoms with van der Waals surface area (Å²) in [6.07, 6.45) is 0.549. The summed E-state index contributed by atoms with van der Waals surface area (Å²) >= 11 is 0. The molecule has 2 aromatic carbocycles. The predicted octanol–water partition coefficient (Wildman–Crippen LogP) is 1.29. The molecule has 2 atom stereocenters. The highest BCUT2D eigenvalue weighted by Gasteiger charge is 2.37. The first-order chi connectivity index (χ1) is 15.0. The van der Waals surface area contributed by atoms with E-state index in [0.717, 1.165) is 16.0 Å². The lowest BCUT2D eigenvalue weighted by molar-refractivity contribution is -0.924. The summed E-state index contributed by atoms with van der Waals surface area (Å²) in [7, 11) is 1.38. The van der Waals surface area contributed by atoms with E-state index < -0.39 is 6.04 Å². The average Bonchev–Trinajstić information content (AvgIpc) is 2.79. The molecule has 2 aromatic rings. The highest BCUT2D eigenvalue weighted by atomic mass is 16.5. The Morgan fingerprint density at radius 1 is 1.03 bits per heavy atom. The van der Waals surface area contributed by atoms with Crippen molar-refractivity contribution in [2.45, 2.75) is 32.9 Å². The van der Waals surface area contributed by atoms with E-state index in [2.05, 4.69) is 5.32 Å². The van der Waals surface area contributed by atoms with E-state index in [9.17, 15) is 14.4 Å². The zero-order valence-corrected chi connectivity index (χ0v) is 18.3. The minimum atomic E-state index is -0.417. The number of hydrogen-bond donors (Lipinski definition) is 2. The molecule has 1 aliphatic heterocycles. The number of ether oxygens (including phenoxy) is 1. The molecule has 7 heteroatoms. The molecule has 0 aromatic heterocycles. The molecule has 2 amide bonds. The Kier molecular flexibility index (Phi) is 7.41. The molecule has 7 nitrogen and oxygen atoms in total. The number of carbonyl (C=O) groups is 3. The van der Waals surface area contributed by atoms with Crippen molar-refractivity contribution in [2.24, 2.45) is 0 Å². The van der Waals surface area contributed by atoms with Gasteiger partial charge < -0.3 is 19.9 Å². The Morgan fingerprint density at radius 2 is 1.68 bits per heavy atom. The molecule has 0 saturated heterocycles. The Morgan fingerprint density at radius 3 is 2.29 bits per heavy atom. The van der Waals surface area contributed by atoms with Crippen LogP contribution in [-0.2, 0) is 27.3 Å². The summed E-state index contributed by atoms with van der Waals surface area (Å²) in [4.78, 5) is 40.1. The van der Waals surface area contributed by atoms with Gasteiger partial charge in [0.05, 0.1) is 7.11 Å². The number of methoxy groups -OCH3 is 1. The summed E-state index contributed by atoms with van der Waals surface area (Å²) in [5.41, 5.74) is 3.47. The van der Waals surface area contributed by atoms with Crippen LogP contribution in [0.1, 0.15) is 35.3 Å². The fraction of sp³-hybridized carbons (Fsp3) is 0.375. The van der Waals surface area contributed by atoms with Gasteiger partial charge in [0.25, 0.3) is 11.8 Å². The van der Waals surface area contributed by atoms with Gasteiger partial charge in [-0.1, -0.05) is 24.3 Å². The van der Waals surface area contributed by atoms with Gasteiger partial charge >= 0.3 is 5.97 Å². The molecule has 0 saturated carbocycles. The summed E-state index contributed by atoms with van der Waals surface area (Å²) in [5.74, 6) is -0.525. The van der Waals surface area contributed by atoms with Gasteiger partial charge in [0.15, 0.2) is 12.6 Å². The van der Waals surface area contributed by atoms with Gasteiger partial charge in [-0.15, -0.1) is 0 Å². The summed E-state index contributed by atoms with van der Waals surface area (Å²) in [6, 6.07) is 14.5. The van der Waals surface area contributed by atoms with Crippen LogP contribution < -0.4 is 10.2 Å². The van der Waals surface area contributed by atoms with Gasteiger partial charge in [0.2, 0.25) is 0 Å². The van der Waals surface area contributed by atoms with Crippen molar-refractivity contribution >= 4 is 23.5 Å². The van der Waals surface area contributed by atoms with Crippen molar-refractivity contribution in [1.82, 2.24) is 4.90 Å². The van der Waals surface area contributed by atoms with Crippen molar-refractivity contribution in [1.29, 1.82) is 0 Å². The minimum Gasteiger partial charge on any atom is -0.465 e. The van der Waals surface area contributed by atoms with Crippen LogP contribution in [0.3, 0.4) is 0 Å². The molecule has 2 N–H and O–H groups in total. The summed E-state index contributed by atoms with van der Waals surface area (Å²) in [6.45, 7) is 5.92. The van der Waals surface area contributed by atoms with Crippen LogP contribution in [0.25, 0.3) is 0 Å². The van der Waals surface area contributed by atoms with Crippen molar-refractivity contribution < 1.29 is 24.0 Å². The van der Waals surface area contributed by atoms with E-state index in [1.807, 2.05) is 38.1 Å². The molecule has 1 aliphatic rings. The highest BCUT2D eigenvalue weighted by molar-refractivity contribution is 5.96. The number of benzene rings is 2. The molecule has 0 bridgehead atoms. The Balaban J connectivity index is 1.66. The standard InChI is InChI=1S/C24H29N3O4/c1-4-26(5-2)23(29)17-10-12-20(13-11-17)25-22(28)16-27-15-19-9-7-6-8-18(19)14-21(27)24(30)31-3/h6-13,21H,4-5,14-16H2,1-3H3,(H,25,28)/p+1/t21-/m1/s1. The first-order valence-electron chi connectivity index (χ1n) is 10.6. The SMILES string of the molecule is CCN(CC)C(=O)c1ccc(NC(=O)C[NH+]2Cc3ccccc3C[C@@H]2C(=O)OC)cc1. The number of esters is 1. The number of nitrogens with zero attached hydrogens (tertiary/aromatic N) is 1. The Hall–Kier alpha value is -3.19. The highest BCUT2D eigenvalue weighted by Crippen LogP contribution is 2.15. The van der Waals surface area contributed by atoms with E-state index in [4.69, 9.17) is 4.74 Å². The normalized spacial score (nSPS) is 17.4. The van der Waals surface area contributed by atoms with Crippen molar-refractivity contribution in [3.8, 4) is 0 Å². The maximum Gasteiger partial charge on any atom is 0.365 e. The minimum absolute atomic E-state index is 0.0276. The van der Waals surface area contributed by atoms with E-state index in [0.29, 0.717) is 37.3 Å². The molecule has 0 radical (unpaired) electrons. The van der Waals surface area contributed by atoms with Crippen LogP contribution in [0.4, 0.5) is 5.69 Å². The zero-order valence-electron chi connectivity index (χ0n) is 18.3. The fourth-order valence-electron chi connectivity index (χ4n) is 4.04. The number of rotatable bonds is 7. The lowest BCUT2D eigenvalue weighted by Gasteiger charge is -2.31. The topological polar surface area (TPSA) is 80.2 Å². The van der Waals surface area contributed by atoms with Crippen molar-refractivity contribution in [3.63, 3.8) is 0 Å². The lowest BCUT2D eigenvalue weighted by Crippen LogP contribution is -3.17. The number of amides is 2. The van der Waals surface area contributed by atoms with Gasteiger partial charge in [-0.2, -0.15) is 0 Å². The lowest BCUT2D eigenvalue weighted by atomic mass is 9.94. The smallest absolute Gasteiger partial charge is 0.365 e. The number of hydrogen-bond acceptors (Lipinski definition) is 4. The third kappa shape index (κ3) is 5.30. The number of carbonyl (C=O) groups excluding carboxylic acids is 3. The second-order valence-corrected chi connectivity index (χ2v) is 7.66. The second kappa shape index (κ2) is 10.2. The van der Waals surface area contributed by atoms with Gasteiger partial charge in [-0.25, -0.2) is 4.79 Å². The molecule has 164 valence electrons. The van der Waals surface area contributed by atoms with Gasteiger partial charge in [-0.3, -0.25) is 9.59 Å². The fourth-order valence-corrected chi connectivity index (χ4v) is 4.04. The van der Waals surface area contributed by atoms with E-state index in [-0.39, 0.29) is 24.3 Å². The van der Waals surface area contributed by atoms with Crippen LogP contribution in [0.5, 0.6) is 0 Å². The van der Waals surface area contributed by atoms with Crippen LogP contribution in [0.2, 0.25) is 0 Å². The first-order valence-corrected chi connectivity index (χ1v) is 10.6. The average molecular weight is 425 g/mol. The van der Waals surface area contributed by atoms with Gasteiger partial charge in [0, 0.05) is 36.3 Å². The summed E-state index contributed by atoms with van der Waals surface area (Å²) in [5, 5.41) is 2.88. The number of fused-ring (bicyclic) bond motifs is 1. The van der Waals surface area contributed by atoms with Gasteiger partial charge in [-0.05, 0) is 43.7 Å². The van der Waals surface area contributed by atoms with Crippen molar-refractivity contribution in [2.75, 3.05) is 32.1 Å². The van der Waals surface area contributed by atoms with Crippen LogP contribution in [-0.4, -0.2) is 55.5 Å². The van der Waals surface area contributed by atoms with Crippen LogP contribution in [0, 0.1) is 0 Å².